The van der Waals surface area contributed by atoms with Crippen LogP contribution in [0.5, 0.6) is 0 Å². The Morgan fingerprint density at radius 3 is 2.37 bits per heavy atom. The first-order chi connectivity index (χ1) is 12.8. The molecule has 1 amide bonds. The molecule has 2 N–H and O–H groups in total. The highest BCUT2D eigenvalue weighted by Gasteiger charge is 2.42. The molecule has 2 aromatic rings. The van der Waals surface area contributed by atoms with E-state index in [1.807, 2.05) is 25.1 Å². The molecule has 0 bridgehead atoms. The molecule has 6 nitrogen and oxygen atoms in total. The summed E-state index contributed by atoms with van der Waals surface area (Å²) in [5.74, 6) is -0.115. The van der Waals surface area contributed by atoms with Crippen molar-refractivity contribution in [2.45, 2.75) is 30.3 Å². The van der Waals surface area contributed by atoms with Gasteiger partial charge >= 0.3 is 0 Å². The lowest BCUT2D eigenvalue weighted by atomic mass is 9.92. The van der Waals surface area contributed by atoms with Crippen molar-refractivity contribution in [2.75, 3.05) is 18.4 Å². The summed E-state index contributed by atoms with van der Waals surface area (Å²) in [6, 6.07) is 11.9. The van der Waals surface area contributed by atoms with Gasteiger partial charge in [-0.25, -0.2) is 8.42 Å². The van der Waals surface area contributed by atoms with Crippen LogP contribution in [0.4, 0.5) is 5.69 Å². The predicted octanol–water partition coefficient (Wildman–Crippen LogP) is 2.98. The zero-order chi connectivity index (χ0) is 19.2. The van der Waals surface area contributed by atoms with E-state index >= 15 is 0 Å². The van der Waals surface area contributed by atoms with Crippen molar-refractivity contribution in [3.8, 4) is 0 Å². The van der Waals surface area contributed by atoms with Gasteiger partial charge in [-0.2, -0.15) is 4.31 Å². The molecule has 27 heavy (non-hydrogen) atoms. The quantitative estimate of drug-likeness (QED) is 0.805. The van der Waals surface area contributed by atoms with Gasteiger partial charge in [0, 0.05) is 36.6 Å². The van der Waals surface area contributed by atoms with Gasteiger partial charge in [-0.05, 0) is 42.8 Å². The van der Waals surface area contributed by atoms with Gasteiger partial charge in [0.05, 0.1) is 10.5 Å². The number of nitrogens with zero attached hydrogens (tertiary/aromatic N) is 1. The molecule has 0 aromatic heterocycles. The molecular weight excluding hydrogens is 386 g/mol. The third-order valence-electron chi connectivity index (χ3n) is 5.25. The number of fused-ring (bicyclic) bond motifs is 1. The van der Waals surface area contributed by atoms with Gasteiger partial charge in [0.2, 0.25) is 10.0 Å². The molecule has 1 saturated heterocycles. The Balaban J connectivity index is 1.54. The van der Waals surface area contributed by atoms with E-state index in [9.17, 15) is 13.2 Å². The molecule has 0 atom stereocenters. The number of sulfonamides is 1. The van der Waals surface area contributed by atoms with Gasteiger partial charge < -0.3 is 10.6 Å². The Labute approximate surface area is 163 Å². The zero-order valence-corrected chi connectivity index (χ0v) is 16.4. The average molecular weight is 406 g/mol. The summed E-state index contributed by atoms with van der Waals surface area (Å²) in [5.41, 5.74) is 1.74. The predicted molar refractivity (Wildman–Crippen MR) is 104 cm³/mol. The summed E-state index contributed by atoms with van der Waals surface area (Å²) in [6.45, 7) is 2.54. The van der Waals surface area contributed by atoms with Crippen molar-refractivity contribution in [1.82, 2.24) is 9.62 Å². The van der Waals surface area contributed by atoms with Crippen LogP contribution in [0.15, 0.2) is 47.4 Å². The first kappa shape index (κ1) is 18.3. The van der Waals surface area contributed by atoms with Crippen LogP contribution in [0.25, 0.3) is 0 Å². The van der Waals surface area contributed by atoms with Crippen LogP contribution in [0, 0.1) is 6.92 Å². The maximum absolute atomic E-state index is 12.9. The lowest BCUT2D eigenvalue weighted by Gasteiger charge is -2.45. The number of rotatable bonds is 2. The molecule has 1 fully saturated rings. The Morgan fingerprint density at radius 1 is 1.04 bits per heavy atom. The highest BCUT2D eigenvalue weighted by molar-refractivity contribution is 7.89. The first-order valence-corrected chi connectivity index (χ1v) is 10.6. The lowest BCUT2D eigenvalue weighted by molar-refractivity contribution is 0.0864. The van der Waals surface area contributed by atoms with E-state index in [0.29, 0.717) is 36.5 Å². The van der Waals surface area contributed by atoms with Crippen molar-refractivity contribution in [3.63, 3.8) is 0 Å². The molecule has 0 saturated carbocycles. The maximum Gasteiger partial charge on any atom is 0.255 e. The SMILES string of the molecule is Cc1cccc2c1C(=O)NC1(CCN(S(=O)(=O)c3ccc(Cl)cc3)CC1)N2. The second-order valence-electron chi connectivity index (χ2n) is 7.02. The fourth-order valence-electron chi connectivity index (χ4n) is 3.76. The van der Waals surface area contributed by atoms with Crippen LogP contribution in [-0.2, 0) is 10.0 Å². The number of nitrogens with one attached hydrogen (secondary N) is 2. The Bertz CT molecular complexity index is 997. The van der Waals surface area contributed by atoms with Crippen LogP contribution in [0.1, 0.15) is 28.8 Å². The minimum absolute atomic E-state index is 0.115. The molecule has 0 unspecified atom stereocenters. The number of hydrogen-bond acceptors (Lipinski definition) is 4. The van der Waals surface area contributed by atoms with Crippen LogP contribution >= 0.6 is 11.6 Å². The monoisotopic (exact) mass is 405 g/mol. The van der Waals surface area contributed by atoms with Crippen LogP contribution < -0.4 is 10.6 Å². The number of anilines is 1. The van der Waals surface area contributed by atoms with Gasteiger partial charge in [0.25, 0.3) is 5.91 Å². The fraction of sp³-hybridized carbons (Fsp3) is 0.316. The van der Waals surface area contributed by atoms with Crippen molar-refractivity contribution in [3.05, 3.63) is 58.6 Å². The first-order valence-electron chi connectivity index (χ1n) is 8.77. The minimum atomic E-state index is -3.58. The summed E-state index contributed by atoms with van der Waals surface area (Å²) < 4.78 is 27.2. The van der Waals surface area contributed by atoms with Crippen LogP contribution in [0.2, 0.25) is 5.02 Å². The van der Waals surface area contributed by atoms with Gasteiger partial charge in [-0.3, -0.25) is 4.79 Å². The molecule has 142 valence electrons. The van der Waals surface area contributed by atoms with Gasteiger partial charge in [-0.1, -0.05) is 23.7 Å². The van der Waals surface area contributed by atoms with E-state index in [1.165, 1.54) is 16.4 Å². The smallest absolute Gasteiger partial charge is 0.255 e. The van der Waals surface area contributed by atoms with E-state index in [-0.39, 0.29) is 10.8 Å². The highest BCUT2D eigenvalue weighted by atomic mass is 35.5. The largest absolute Gasteiger partial charge is 0.362 e. The molecule has 2 aliphatic heterocycles. The molecular formula is C19H20ClN3O3S. The van der Waals surface area contributed by atoms with Crippen LogP contribution in [0.3, 0.4) is 0 Å². The highest BCUT2D eigenvalue weighted by Crippen LogP contribution is 2.34. The molecule has 2 aromatic carbocycles. The number of piperidine rings is 1. The van der Waals surface area contributed by atoms with E-state index < -0.39 is 15.7 Å². The third-order valence-corrected chi connectivity index (χ3v) is 7.42. The molecule has 2 aliphatic rings. The lowest BCUT2D eigenvalue weighted by Crippen LogP contribution is -2.62. The summed E-state index contributed by atoms with van der Waals surface area (Å²) in [6.07, 6.45) is 0.970. The molecule has 0 aliphatic carbocycles. The second-order valence-corrected chi connectivity index (χ2v) is 9.39. The van der Waals surface area contributed by atoms with Gasteiger partial charge in [-0.15, -0.1) is 0 Å². The number of aryl methyl sites for hydroxylation is 1. The summed E-state index contributed by atoms with van der Waals surface area (Å²) in [5, 5.41) is 6.99. The fourth-order valence-corrected chi connectivity index (χ4v) is 5.32. The van der Waals surface area contributed by atoms with Crippen molar-refractivity contribution in [1.29, 1.82) is 0 Å². The molecule has 4 rings (SSSR count). The summed E-state index contributed by atoms with van der Waals surface area (Å²) >= 11 is 5.85. The average Bonchev–Trinajstić information content (AvgIpc) is 2.62. The Kier molecular flexibility index (Phi) is 4.41. The molecule has 2 heterocycles. The third kappa shape index (κ3) is 3.20. The second kappa shape index (κ2) is 6.51. The number of carbonyl (C=O) groups excluding carboxylic acids is 1. The van der Waals surface area contributed by atoms with Gasteiger partial charge in [0.15, 0.2) is 0 Å². The maximum atomic E-state index is 12.9. The van der Waals surface area contributed by atoms with Crippen molar-refractivity contribution in [2.24, 2.45) is 0 Å². The van der Waals surface area contributed by atoms with E-state index in [4.69, 9.17) is 11.6 Å². The number of hydrogen-bond donors (Lipinski definition) is 2. The van der Waals surface area contributed by atoms with Gasteiger partial charge in [0.1, 0.15) is 5.66 Å². The van der Waals surface area contributed by atoms with Crippen molar-refractivity contribution >= 4 is 33.2 Å². The minimum Gasteiger partial charge on any atom is -0.362 e. The summed E-state index contributed by atoms with van der Waals surface area (Å²) in [7, 11) is -3.58. The van der Waals surface area contributed by atoms with Crippen molar-refractivity contribution < 1.29 is 13.2 Å². The Hall–Kier alpha value is -2.09. The van der Waals surface area contributed by atoms with Crippen LogP contribution in [-0.4, -0.2) is 37.4 Å². The number of benzene rings is 2. The number of carbonyl (C=O) groups is 1. The van der Waals surface area contributed by atoms with E-state index in [0.717, 1.165) is 11.3 Å². The number of amides is 1. The standard InChI is InChI=1S/C19H20ClN3O3S/c1-13-3-2-4-16-17(13)18(24)22-19(21-16)9-11-23(12-10-19)27(25,26)15-7-5-14(20)6-8-15/h2-8,21H,9-12H2,1H3,(H,22,24). The molecule has 1 spiro atoms. The molecule has 0 radical (unpaired) electrons. The molecule has 8 heteroatoms. The number of halogens is 1. The topological polar surface area (TPSA) is 78.5 Å². The Morgan fingerprint density at radius 2 is 1.70 bits per heavy atom. The van der Waals surface area contributed by atoms with E-state index in [1.54, 1.807) is 12.1 Å². The zero-order valence-electron chi connectivity index (χ0n) is 14.8. The van der Waals surface area contributed by atoms with E-state index in [2.05, 4.69) is 10.6 Å². The summed E-state index contributed by atoms with van der Waals surface area (Å²) in [4.78, 5) is 12.8. The normalized spacial score (nSPS) is 19.3.